The lowest BCUT2D eigenvalue weighted by molar-refractivity contribution is 0.518. The molecule has 2 N–H and O–H groups in total. The van der Waals surface area contributed by atoms with Gasteiger partial charge in [-0.1, -0.05) is 35.3 Å². The number of benzene rings is 2. The number of hydrogen-bond acceptors (Lipinski definition) is 3. The van der Waals surface area contributed by atoms with Crippen molar-refractivity contribution < 1.29 is 4.42 Å². The Balaban J connectivity index is 2.15. The molecule has 1 heterocycles. The fourth-order valence-electron chi connectivity index (χ4n) is 2.07. The van der Waals surface area contributed by atoms with Crippen molar-refractivity contribution in [1.82, 2.24) is 4.57 Å². The van der Waals surface area contributed by atoms with Gasteiger partial charge in [0.15, 0.2) is 5.58 Å². The zero-order valence-corrected chi connectivity index (χ0v) is 11.8. The van der Waals surface area contributed by atoms with Crippen LogP contribution in [0.1, 0.15) is 5.56 Å². The van der Waals surface area contributed by atoms with Crippen molar-refractivity contribution in [1.29, 1.82) is 0 Å². The van der Waals surface area contributed by atoms with Gasteiger partial charge in [-0.25, -0.2) is 4.79 Å². The van der Waals surface area contributed by atoms with E-state index in [1.54, 1.807) is 30.3 Å². The maximum atomic E-state index is 11.9. The SMILES string of the molecule is Nc1ccc2oc(=O)n(Cc3cccc(Cl)c3Cl)c2c1. The van der Waals surface area contributed by atoms with Gasteiger partial charge in [0.05, 0.1) is 22.1 Å². The molecular weight excluding hydrogens is 299 g/mol. The topological polar surface area (TPSA) is 61.2 Å². The smallest absolute Gasteiger partial charge is 0.408 e. The molecule has 0 unspecified atom stereocenters. The van der Waals surface area contributed by atoms with Gasteiger partial charge in [0.25, 0.3) is 0 Å². The van der Waals surface area contributed by atoms with Crippen LogP contribution in [0.4, 0.5) is 5.69 Å². The van der Waals surface area contributed by atoms with Crippen LogP contribution in [0.25, 0.3) is 11.1 Å². The highest BCUT2D eigenvalue weighted by atomic mass is 35.5. The minimum Gasteiger partial charge on any atom is -0.408 e. The first-order valence-electron chi connectivity index (χ1n) is 5.88. The van der Waals surface area contributed by atoms with Gasteiger partial charge in [0.1, 0.15) is 0 Å². The lowest BCUT2D eigenvalue weighted by Gasteiger charge is -2.06. The van der Waals surface area contributed by atoms with Crippen LogP contribution < -0.4 is 11.5 Å². The molecule has 0 fully saturated rings. The van der Waals surface area contributed by atoms with Crippen LogP contribution in [0.2, 0.25) is 10.0 Å². The van der Waals surface area contributed by atoms with E-state index in [2.05, 4.69) is 0 Å². The van der Waals surface area contributed by atoms with Crippen LogP contribution in [0.3, 0.4) is 0 Å². The minimum absolute atomic E-state index is 0.272. The summed E-state index contributed by atoms with van der Waals surface area (Å²) in [6.07, 6.45) is 0. The molecule has 1 aromatic heterocycles. The Morgan fingerprint density at radius 2 is 2.00 bits per heavy atom. The molecule has 0 spiro atoms. The number of nitrogen functional groups attached to an aromatic ring is 1. The van der Waals surface area contributed by atoms with Gasteiger partial charge in [-0.05, 0) is 29.8 Å². The normalized spacial score (nSPS) is 11.1. The molecule has 0 aliphatic heterocycles. The van der Waals surface area contributed by atoms with E-state index in [-0.39, 0.29) is 6.54 Å². The number of fused-ring (bicyclic) bond motifs is 1. The highest BCUT2D eigenvalue weighted by Crippen LogP contribution is 2.27. The Kier molecular flexibility index (Phi) is 3.20. The fourth-order valence-corrected chi connectivity index (χ4v) is 2.45. The average molecular weight is 309 g/mol. The molecule has 102 valence electrons. The lowest BCUT2D eigenvalue weighted by atomic mass is 10.2. The van der Waals surface area contributed by atoms with Crippen molar-refractivity contribution in [2.24, 2.45) is 0 Å². The van der Waals surface area contributed by atoms with Gasteiger partial charge in [-0.2, -0.15) is 0 Å². The van der Waals surface area contributed by atoms with E-state index in [0.29, 0.717) is 26.8 Å². The largest absolute Gasteiger partial charge is 0.420 e. The Labute approximate surface area is 124 Å². The summed E-state index contributed by atoms with van der Waals surface area (Å²) >= 11 is 12.1. The van der Waals surface area contributed by atoms with Gasteiger partial charge in [0.2, 0.25) is 0 Å². The fraction of sp³-hybridized carbons (Fsp3) is 0.0714. The van der Waals surface area contributed by atoms with Crippen LogP contribution in [0.15, 0.2) is 45.6 Å². The molecule has 3 aromatic rings. The molecule has 0 radical (unpaired) electrons. The van der Waals surface area contributed by atoms with Crippen molar-refractivity contribution in [3.63, 3.8) is 0 Å². The molecule has 0 atom stereocenters. The van der Waals surface area contributed by atoms with Gasteiger partial charge in [-0.15, -0.1) is 0 Å². The molecule has 2 aromatic carbocycles. The highest BCUT2D eigenvalue weighted by Gasteiger charge is 2.12. The molecule has 0 saturated heterocycles. The molecule has 20 heavy (non-hydrogen) atoms. The molecule has 0 amide bonds. The Hall–Kier alpha value is -1.91. The standard InChI is InChI=1S/C14H10Cl2N2O2/c15-10-3-1-2-8(13(10)16)7-18-11-6-9(17)4-5-12(11)20-14(18)19/h1-6H,7,17H2. The zero-order valence-electron chi connectivity index (χ0n) is 10.3. The molecule has 4 nitrogen and oxygen atoms in total. The highest BCUT2D eigenvalue weighted by molar-refractivity contribution is 6.42. The van der Waals surface area contributed by atoms with Crippen LogP contribution in [0.5, 0.6) is 0 Å². The number of hydrogen-bond donors (Lipinski definition) is 1. The maximum absolute atomic E-state index is 11.9. The van der Waals surface area contributed by atoms with E-state index in [9.17, 15) is 4.79 Å². The van der Waals surface area contributed by atoms with E-state index in [0.717, 1.165) is 5.56 Å². The van der Waals surface area contributed by atoms with E-state index >= 15 is 0 Å². The van der Waals surface area contributed by atoms with Crippen LogP contribution in [-0.2, 0) is 6.54 Å². The number of rotatable bonds is 2. The van der Waals surface area contributed by atoms with Crippen molar-refractivity contribution in [2.75, 3.05) is 5.73 Å². The quantitative estimate of drug-likeness (QED) is 0.737. The van der Waals surface area contributed by atoms with E-state index in [1.165, 1.54) is 4.57 Å². The van der Waals surface area contributed by atoms with Crippen molar-refractivity contribution in [2.45, 2.75) is 6.54 Å². The summed E-state index contributed by atoms with van der Waals surface area (Å²) in [5.41, 5.74) is 8.17. The van der Waals surface area contributed by atoms with Gasteiger partial charge in [0, 0.05) is 5.69 Å². The average Bonchev–Trinajstić information content (AvgIpc) is 2.71. The third-order valence-corrected chi connectivity index (χ3v) is 3.91. The van der Waals surface area contributed by atoms with Crippen molar-refractivity contribution >= 4 is 40.0 Å². The predicted octanol–water partition coefficient (Wildman–Crippen LogP) is 3.53. The van der Waals surface area contributed by atoms with Crippen molar-refractivity contribution in [3.8, 4) is 0 Å². The number of anilines is 1. The maximum Gasteiger partial charge on any atom is 0.420 e. The second kappa shape index (κ2) is 4.89. The molecular formula is C14H10Cl2N2O2. The molecule has 0 aliphatic carbocycles. The third kappa shape index (κ3) is 2.17. The first-order valence-corrected chi connectivity index (χ1v) is 6.63. The summed E-state index contributed by atoms with van der Waals surface area (Å²) in [5, 5.41) is 0.879. The zero-order chi connectivity index (χ0) is 14.3. The van der Waals surface area contributed by atoms with E-state index < -0.39 is 5.76 Å². The van der Waals surface area contributed by atoms with E-state index in [4.69, 9.17) is 33.4 Å². The Morgan fingerprint density at radius 1 is 1.20 bits per heavy atom. The lowest BCUT2D eigenvalue weighted by Crippen LogP contribution is -2.15. The first kappa shape index (κ1) is 13.1. The number of aromatic nitrogens is 1. The van der Waals surface area contributed by atoms with E-state index in [1.807, 2.05) is 6.07 Å². The summed E-state index contributed by atoms with van der Waals surface area (Å²) < 4.78 is 6.65. The summed E-state index contributed by atoms with van der Waals surface area (Å²) in [6.45, 7) is 0.272. The summed E-state index contributed by atoms with van der Waals surface area (Å²) in [5.74, 6) is -0.457. The Morgan fingerprint density at radius 3 is 2.80 bits per heavy atom. The third-order valence-electron chi connectivity index (χ3n) is 3.05. The molecule has 0 aliphatic rings. The molecule has 3 rings (SSSR count). The number of nitrogens with zero attached hydrogens (tertiary/aromatic N) is 1. The first-order chi connectivity index (χ1) is 9.56. The van der Waals surface area contributed by atoms with Gasteiger partial charge >= 0.3 is 5.76 Å². The Bertz CT molecular complexity index is 852. The molecule has 0 bridgehead atoms. The van der Waals surface area contributed by atoms with Crippen molar-refractivity contribution in [3.05, 3.63) is 62.6 Å². The number of halogens is 2. The molecule has 0 saturated carbocycles. The molecule has 6 heteroatoms. The van der Waals surface area contributed by atoms with Crippen LogP contribution >= 0.6 is 23.2 Å². The van der Waals surface area contributed by atoms with Crippen LogP contribution in [0, 0.1) is 0 Å². The number of nitrogens with two attached hydrogens (primary N) is 1. The summed E-state index contributed by atoms with van der Waals surface area (Å²) in [7, 11) is 0. The summed E-state index contributed by atoms with van der Waals surface area (Å²) in [6, 6.07) is 10.3. The second-order valence-electron chi connectivity index (χ2n) is 4.39. The minimum atomic E-state index is -0.457. The van der Waals surface area contributed by atoms with Gasteiger partial charge in [-0.3, -0.25) is 4.57 Å². The van der Waals surface area contributed by atoms with Gasteiger partial charge < -0.3 is 10.2 Å². The van der Waals surface area contributed by atoms with Crippen LogP contribution in [-0.4, -0.2) is 4.57 Å². The monoisotopic (exact) mass is 308 g/mol. The number of oxazole rings is 1. The second-order valence-corrected chi connectivity index (χ2v) is 5.18. The predicted molar refractivity (Wildman–Crippen MR) is 80.5 cm³/mol. The summed E-state index contributed by atoms with van der Waals surface area (Å²) in [4.78, 5) is 11.9.